The summed E-state index contributed by atoms with van der Waals surface area (Å²) in [7, 11) is 1.60. The van der Waals surface area contributed by atoms with Gasteiger partial charge < -0.3 is 19.7 Å². The Morgan fingerprint density at radius 2 is 1.96 bits per heavy atom. The number of rotatable bonds is 6. The van der Waals surface area contributed by atoms with E-state index in [0.717, 1.165) is 22.3 Å². The summed E-state index contributed by atoms with van der Waals surface area (Å²) in [6, 6.07) is 15.1. The van der Waals surface area contributed by atoms with Gasteiger partial charge in [-0.25, -0.2) is 4.98 Å². The fraction of sp³-hybridized carbons (Fsp3) is 0.222. The number of methoxy groups -OCH3 is 1. The molecule has 1 amide bonds. The second-order valence-corrected chi connectivity index (χ2v) is 5.35. The van der Waals surface area contributed by atoms with Gasteiger partial charge >= 0.3 is 0 Å². The molecule has 0 bridgehead atoms. The van der Waals surface area contributed by atoms with Crippen molar-refractivity contribution in [3.8, 4) is 5.75 Å². The number of imidazole rings is 1. The molecule has 0 saturated carbocycles. The first kappa shape index (κ1) is 16.0. The molecule has 6 nitrogen and oxygen atoms in total. The standard InChI is InChI=1S/C18H19N3O3/c1-24-16-9-5-2-6-13(16)10-19-18(23)11-21-15-8-4-3-7-14(15)20-17(21)12-22/h2-9,22H,10-12H2,1H3,(H,19,23). The fourth-order valence-corrected chi connectivity index (χ4v) is 2.66. The zero-order valence-corrected chi connectivity index (χ0v) is 13.4. The lowest BCUT2D eigenvalue weighted by Gasteiger charge is -2.11. The highest BCUT2D eigenvalue weighted by Gasteiger charge is 2.13. The first-order valence-electron chi connectivity index (χ1n) is 7.66. The Bertz CT molecular complexity index is 858. The predicted molar refractivity (Wildman–Crippen MR) is 90.5 cm³/mol. The smallest absolute Gasteiger partial charge is 0.240 e. The van der Waals surface area contributed by atoms with Gasteiger partial charge in [-0.3, -0.25) is 4.79 Å². The lowest BCUT2D eigenvalue weighted by molar-refractivity contribution is -0.121. The molecule has 0 radical (unpaired) electrons. The fourth-order valence-electron chi connectivity index (χ4n) is 2.66. The summed E-state index contributed by atoms with van der Waals surface area (Å²) in [5.74, 6) is 1.06. The lowest BCUT2D eigenvalue weighted by atomic mass is 10.2. The van der Waals surface area contributed by atoms with E-state index >= 15 is 0 Å². The molecule has 2 N–H and O–H groups in total. The second kappa shape index (κ2) is 7.14. The zero-order chi connectivity index (χ0) is 16.9. The molecule has 1 heterocycles. The Morgan fingerprint density at radius 1 is 1.21 bits per heavy atom. The molecule has 0 saturated heterocycles. The molecule has 0 fully saturated rings. The van der Waals surface area contributed by atoms with Gasteiger partial charge in [0.2, 0.25) is 5.91 Å². The van der Waals surface area contributed by atoms with Crippen LogP contribution < -0.4 is 10.1 Å². The third-order valence-electron chi connectivity index (χ3n) is 3.85. The average Bonchev–Trinajstić information content (AvgIpc) is 2.98. The van der Waals surface area contributed by atoms with Crippen LogP contribution in [0, 0.1) is 0 Å². The SMILES string of the molecule is COc1ccccc1CNC(=O)Cn1c(CO)nc2ccccc21. The molecule has 0 atom stereocenters. The lowest BCUT2D eigenvalue weighted by Crippen LogP contribution is -2.28. The first-order valence-corrected chi connectivity index (χ1v) is 7.66. The van der Waals surface area contributed by atoms with Gasteiger partial charge in [-0.05, 0) is 18.2 Å². The Morgan fingerprint density at radius 3 is 2.75 bits per heavy atom. The van der Waals surface area contributed by atoms with Crippen LogP contribution in [-0.2, 0) is 24.5 Å². The number of carbonyl (C=O) groups excluding carboxylic acids is 1. The molecule has 6 heteroatoms. The van der Waals surface area contributed by atoms with E-state index in [1.165, 1.54) is 0 Å². The van der Waals surface area contributed by atoms with E-state index in [-0.39, 0.29) is 19.1 Å². The van der Waals surface area contributed by atoms with Gasteiger partial charge in [-0.15, -0.1) is 0 Å². The van der Waals surface area contributed by atoms with E-state index in [2.05, 4.69) is 10.3 Å². The number of aliphatic hydroxyl groups is 1. The number of fused-ring (bicyclic) bond motifs is 1. The van der Waals surface area contributed by atoms with Crippen molar-refractivity contribution in [1.82, 2.24) is 14.9 Å². The van der Waals surface area contributed by atoms with Gasteiger partial charge in [0.25, 0.3) is 0 Å². The van der Waals surface area contributed by atoms with Crippen LogP contribution in [0.2, 0.25) is 0 Å². The van der Waals surface area contributed by atoms with Crippen LogP contribution >= 0.6 is 0 Å². The molecular weight excluding hydrogens is 306 g/mol. The largest absolute Gasteiger partial charge is 0.496 e. The van der Waals surface area contributed by atoms with E-state index in [0.29, 0.717) is 12.4 Å². The number of nitrogens with zero attached hydrogens (tertiary/aromatic N) is 2. The van der Waals surface area contributed by atoms with Crippen molar-refractivity contribution < 1.29 is 14.6 Å². The van der Waals surface area contributed by atoms with Crippen LogP contribution in [-0.4, -0.2) is 27.7 Å². The van der Waals surface area contributed by atoms with E-state index in [4.69, 9.17) is 4.74 Å². The normalized spacial score (nSPS) is 10.8. The van der Waals surface area contributed by atoms with E-state index < -0.39 is 0 Å². The molecule has 2 aromatic carbocycles. The quantitative estimate of drug-likeness (QED) is 0.725. The number of aliphatic hydroxyl groups excluding tert-OH is 1. The van der Waals surface area contributed by atoms with Crippen molar-refractivity contribution >= 4 is 16.9 Å². The summed E-state index contributed by atoms with van der Waals surface area (Å²) >= 11 is 0. The minimum absolute atomic E-state index is 0.103. The number of aromatic nitrogens is 2. The van der Waals surface area contributed by atoms with Gasteiger partial charge in [0, 0.05) is 12.1 Å². The average molecular weight is 325 g/mol. The number of para-hydroxylation sites is 3. The van der Waals surface area contributed by atoms with Crippen LogP contribution in [0.15, 0.2) is 48.5 Å². The molecule has 3 rings (SSSR count). The zero-order valence-electron chi connectivity index (χ0n) is 13.4. The number of carbonyl (C=O) groups is 1. The topological polar surface area (TPSA) is 76.4 Å². The summed E-state index contributed by atoms with van der Waals surface area (Å²) in [4.78, 5) is 16.7. The highest BCUT2D eigenvalue weighted by atomic mass is 16.5. The van der Waals surface area contributed by atoms with Crippen LogP contribution in [0.3, 0.4) is 0 Å². The monoisotopic (exact) mass is 325 g/mol. The van der Waals surface area contributed by atoms with Crippen molar-refractivity contribution in [2.75, 3.05) is 7.11 Å². The summed E-state index contributed by atoms with van der Waals surface area (Å²) in [6.07, 6.45) is 0. The maximum Gasteiger partial charge on any atom is 0.240 e. The maximum absolute atomic E-state index is 12.3. The Balaban J connectivity index is 1.73. The Hall–Kier alpha value is -2.86. The van der Waals surface area contributed by atoms with Gasteiger partial charge in [0.1, 0.15) is 24.7 Å². The third-order valence-corrected chi connectivity index (χ3v) is 3.85. The molecule has 1 aromatic heterocycles. The van der Waals surface area contributed by atoms with Gasteiger partial charge in [-0.2, -0.15) is 0 Å². The van der Waals surface area contributed by atoms with Crippen LogP contribution in [0.1, 0.15) is 11.4 Å². The molecule has 24 heavy (non-hydrogen) atoms. The minimum Gasteiger partial charge on any atom is -0.496 e. The minimum atomic E-state index is -0.214. The summed E-state index contributed by atoms with van der Waals surface area (Å²) in [6.45, 7) is 0.268. The van der Waals surface area contributed by atoms with Crippen molar-refractivity contribution in [2.24, 2.45) is 0 Å². The molecule has 3 aromatic rings. The Labute approximate surface area is 139 Å². The van der Waals surface area contributed by atoms with E-state index in [1.54, 1.807) is 11.7 Å². The Kier molecular flexibility index (Phi) is 4.77. The predicted octanol–water partition coefficient (Wildman–Crippen LogP) is 1.85. The highest BCUT2D eigenvalue weighted by molar-refractivity contribution is 5.81. The summed E-state index contributed by atoms with van der Waals surface area (Å²) in [5, 5.41) is 12.4. The molecule has 0 aliphatic heterocycles. The molecule has 124 valence electrons. The van der Waals surface area contributed by atoms with Crippen LogP contribution in [0.4, 0.5) is 0 Å². The first-order chi connectivity index (χ1) is 11.7. The van der Waals surface area contributed by atoms with Gasteiger partial charge in [0.15, 0.2) is 0 Å². The van der Waals surface area contributed by atoms with E-state index in [1.807, 2.05) is 48.5 Å². The molecule has 0 spiro atoms. The van der Waals surface area contributed by atoms with Crippen molar-refractivity contribution in [2.45, 2.75) is 19.7 Å². The van der Waals surface area contributed by atoms with Crippen LogP contribution in [0.5, 0.6) is 5.75 Å². The van der Waals surface area contributed by atoms with Crippen molar-refractivity contribution in [3.05, 3.63) is 59.9 Å². The van der Waals surface area contributed by atoms with Gasteiger partial charge in [-0.1, -0.05) is 30.3 Å². The van der Waals surface area contributed by atoms with Crippen molar-refractivity contribution in [3.63, 3.8) is 0 Å². The third kappa shape index (κ3) is 3.23. The van der Waals surface area contributed by atoms with E-state index in [9.17, 15) is 9.90 Å². The highest BCUT2D eigenvalue weighted by Crippen LogP contribution is 2.18. The summed E-state index contributed by atoms with van der Waals surface area (Å²) < 4.78 is 7.01. The van der Waals surface area contributed by atoms with Gasteiger partial charge in [0.05, 0.1) is 18.1 Å². The molecule has 0 aliphatic carbocycles. The number of ether oxygens (including phenoxy) is 1. The molecule has 0 unspecified atom stereocenters. The number of hydrogen-bond acceptors (Lipinski definition) is 4. The molecular formula is C18H19N3O3. The summed E-state index contributed by atoms with van der Waals surface area (Å²) in [5.41, 5.74) is 2.50. The number of benzene rings is 2. The van der Waals surface area contributed by atoms with Crippen molar-refractivity contribution in [1.29, 1.82) is 0 Å². The number of amides is 1. The second-order valence-electron chi connectivity index (χ2n) is 5.35. The van der Waals surface area contributed by atoms with Crippen LogP contribution in [0.25, 0.3) is 11.0 Å². The number of nitrogens with one attached hydrogen (secondary N) is 1. The maximum atomic E-state index is 12.3. The molecule has 0 aliphatic rings. The number of hydrogen-bond donors (Lipinski definition) is 2.